The molecule has 0 amide bonds. The van der Waals surface area contributed by atoms with Crippen molar-refractivity contribution in [3.05, 3.63) is 24.2 Å². The lowest BCUT2D eigenvalue weighted by Crippen LogP contribution is -2.36. The molecular formula is C15H26N2O. The molecule has 1 aromatic heterocycles. The van der Waals surface area contributed by atoms with Crippen molar-refractivity contribution < 1.29 is 4.42 Å². The van der Waals surface area contributed by atoms with Crippen LogP contribution in [0, 0.1) is 0 Å². The van der Waals surface area contributed by atoms with Crippen molar-refractivity contribution in [3.8, 4) is 0 Å². The SMILES string of the molecule is CN(CCNCc1ccoc1)C1CCCCCC1. The van der Waals surface area contributed by atoms with Crippen LogP contribution in [-0.4, -0.2) is 31.1 Å². The average Bonchev–Trinajstić information content (AvgIpc) is 2.74. The summed E-state index contributed by atoms with van der Waals surface area (Å²) in [6, 6.07) is 2.82. The van der Waals surface area contributed by atoms with E-state index < -0.39 is 0 Å². The molecule has 1 aliphatic rings. The lowest BCUT2D eigenvalue weighted by atomic mass is 10.1. The smallest absolute Gasteiger partial charge is 0.0947 e. The predicted molar refractivity (Wildman–Crippen MR) is 74.5 cm³/mol. The van der Waals surface area contributed by atoms with E-state index in [9.17, 15) is 0 Å². The monoisotopic (exact) mass is 250 g/mol. The van der Waals surface area contributed by atoms with Gasteiger partial charge in [-0.2, -0.15) is 0 Å². The second kappa shape index (κ2) is 7.59. The van der Waals surface area contributed by atoms with Crippen molar-refractivity contribution in [2.75, 3.05) is 20.1 Å². The van der Waals surface area contributed by atoms with Crippen LogP contribution in [-0.2, 0) is 6.54 Å². The Hall–Kier alpha value is -0.800. The van der Waals surface area contributed by atoms with Crippen LogP contribution in [0.15, 0.2) is 23.0 Å². The summed E-state index contributed by atoms with van der Waals surface area (Å²) < 4.78 is 5.05. The summed E-state index contributed by atoms with van der Waals surface area (Å²) in [6.07, 6.45) is 12.0. The van der Waals surface area contributed by atoms with Gasteiger partial charge in [-0.25, -0.2) is 0 Å². The normalized spacial score (nSPS) is 18.1. The topological polar surface area (TPSA) is 28.4 Å². The zero-order valence-corrected chi connectivity index (χ0v) is 11.5. The van der Waals surface area contributed by atoms with Crippen LogP contribution in [0.1, 0.15) is 44.1 Å². The second-order valence-corrected chi connectivity index (χ2v) is 5.43. The Balaban J connectivity index is 1.60. The molecule has 3 nitrogen and oxygen atoms in total. The van der Waals surface area contributed by atoms with E-state index in [1.807, 2.05) is 12.3 Å². The molecule has 0 aromatic carbocycles. The van der Waals surface area contributed by atoms with Crippen LogP contribution >= 0.6 is 0 Å². The van der Waals surface area contributed by atoms with Gasteiger partial charge in [0.2, 0.25) is 0 Å². The van der Waals surface area contributed by atoms with Crippen LogP contribution in [0.25, 0.3) is 0 Å². The first-order valence-corrected chi connectivity index (χ1v) is 7.28. The van der Waals surface area contributed by atoms with Crippen LogP contribution in [0.4, 0.5) is 0 Å². The number of nitrogens with zero attached hydrogens (tertiary/aromatic N) is 1. The summed E-state index contributed by atoms with van der Waals surface area (Å²) in [4.78, 5) is 2.54. The van der Waals surface area contributed by atoms with Crippen molar-refractivity contribution in [3.63, 3.8) is 0 Å². The highest BCUT2D eigenvalue weighted by Gasteiger charge is 2.16. The second-order valence-electron chi connectivity index (χ2n) is 5.43. The van der Waals surface area contributed by atoms with Crippen molar-refractivity contribution in [2.24, 2.45) is 0 Å². The Morgan fingerprint density at radius 2 is 2.06 bits per heavy atom. The number of likely N-dealkylation sites (N-methyl/N-ethyl adjacent to an activating group) is 1. The third-order valence-corrected chi connectivity index (χ3v) is 4.00. The van der Waals surface area contributed by atoms with E-state index in [0.29, 0.717) is 0 Å². The molecule has 3 heteroatoms. The molecule has 1 saturated carbocycles. The number of furan rings is 1. The molecule has 1 N–H and O–H groups in total. The molecule has 1 fully saturated rings. The summed E-state index contributed by atoms with van der Waals surface area (Å²) in [5, 5.41) is 3.47. The maximum atomic E-state index is 5.05. The fraction of sp³-hybridized carbons (Fsp3) is 0.733. The van der Waals surface area contributed by atoms with Gasteiger partial charge in [-0.3, -0.25) is 0 Å². The van der Waals surface area contributed by atoms with Gasteiger partial charge >= 0.3 is 0 Å². The average molecular weight is 250 g/mol. The summed E-state index contributed by atoms with van der Waals surface area (Å²) in [6.45, 7) is 3.11. The largest absolute Gasteiger partial charge is 0.472 e. The summed E-state index contributed by atoms with van der Waals surface area (Å²) in [5.74, 6) is 0. The number of hydrogen-bond acceptors (Lipinski definition) is 3. The molecule has 0 aliphatic heterocycles. The molecule has 18 heavy (non-hydrogen) atoms. The zero-order chi connectivity index (χ0) is 12.6. The van der Waals surface area contributed by atoms with Crippen LogP contribution in [0.3, 0.4) is 0 Å². The van der Waals surface area contributed by atoms with Gasteiger partial charge in [0.25, 0.3) is 0 Å². The van der Waals surface area contributed by atoms with Gasteiger partial charge in [0.1, 0.15) is 0 Å². The Morgan fingerprint density at radius 3 is 2.72 bits per heavy atom. The van der Waals surface area contributed by atoms with Gasteiger partial charge in [0.15, 0.2) is 0 Å². The van der Waals surface area contributed by atoms with E-state index in [0.717, 1.165) is 25.7 Å². The quantitative estimate of drug-likeness (QED) is 0.621. The minimum Gasteiger partial charge on any atom is -0.472 e. The Bertz CT molecular complexity index is 302. The summed E-state index contributed by atoms with van der Waals surface area (Å²) in [5.41, 5.74) is 1.23. The van der Waals surface area contributed by atoms with E-state index in [1.165, 1.54) is 44.1 Å². The number of rotatable bonds is 6. The molecule has 0 saturated heterocycles. The number of nitrogens with one attached hydrogen (secondary N) is 1. The lowest BCUT2D eigenvalue weighted by molar-refractivity contribution is 0.221. The minimum atomic E-state index is 0.809. The fourth-order valence-electron chi connectivity index (χ4n) is 2.76. The molecule has 0 unspecified atom stereocenters. The third-order valence-electron chi connectivity index (χ3n) is 4.00. The van der Waals surface area contributed by atoms with Gasteiger partial charge < -0.3 is 14.6 Å². The van der Waals surface area contributed by atoms with E-state index in [2.05, 4.69) is 17.3 Å². The van der Waals surface area contributed by atoms with Crippen molar-refractivity contribution in [1.82, 2.24) is 10.2 Å². The molecule has 1 heterocycles. The van der Waals surface area contributed by atoms with Gasteiger partial charge in [-0.15, -0.1) is 0 Å². The molecule has 0 bridgehead atoms. The first-order valence-electron chi connectivity index (χ1n) is 7.28. The molecule has 102 valence electrons. The Morgan fingerprint density at radius 1 is 1.28 bits per heavy atom. The van der Waals surface area contributed by atoms with Crippen molar-refractivity contribution in [1.29, 1.82) is 0 Å². The standard InChI is InChI=1S/C15H26N2O/c1-17(15-6-4-2-3-5-7-15)10-9-16-12-14-8-11-18-13-14/h8,11,13,15-16H,2-7,9-10,12H2,1H3. The molecule has 1 aromatic rings. The highest BCUT2D eigenvalue weighted by atomic mass is 16.3. The summed E-state index contributed by atoms with van der Waals surface area (Å²) >= 11 is 0. The maximum Gasteiger partial charge on any atom is 0.0947 e. The Labute approximate surface area is 111 Å². The van der Waals surface area contributed by atoms with Crippen molar-refractivity contribution >= 4 is 0 Å². The van der Waals surface area contributed by atoms with E-state index in [-0.39, 0.29) is 0 Å². The van der Waals surface area contributed by atoms with E-state index in [4.69, 9.17) is 4.42 Å². The van der Waals surface area contributed by atoms with Crippen LogP contribution in [0.5, 0.6) is 0 Å². The molecule has 0 atom stereocenters. The maximum absolute atomic E-state index is 5.05. The number of hydrogen-bond donors (Lipinski definition) is 1. The predicted octanol–water partition coefficient (Wildman–Crippen LogP) is 3.02. The highest BCUT2D eigenvalue weighted by molar-refractivity contribution is 5.04. The first-order chi connectivity index (χ1) is 8.86. The fourth-order valence-corrected chi connectivity index (χ4v) is 2.76. The molecule has 0 radical (unpaired) electrons. The highest BCUT2D eigenvalue weighted by Crippen LogP contribution is 2.20. The van der Waals surface area contributed by atoms with Gasteiger partial charge in [-0.1, -0.05) is 25.7 Å². The summed E-state index contributed by atoms with van der Waals surface area (Å²) in [7, 11) is 2.27. The minimum absolute atomic E-state index is 0.809. The molecular weight excluding hydrogens is 224 g/mol. The van der Waals surface area contributed by atoms with Crippen LogP contribution < -0.4 is 5.32 Å². The third kappa shape index (κ3) is 4.46. The van der Waals surface area contributed by atoms with Gasteiger partial charge in [0.05, 0.1) is 12.5 Å². The van der Waals surface area contributed by atoms with Crippen molar-refractivity contribution in [2.45, 2.75) is 51.1 Å². The first kappa shape index (κ1) is 13.6. The molecule has 2 rings (SSSR count). The van der Waals surface area contributed by atoms with E-state index >= 15 is 0 Å². The van der Waals surface area contributed by atoms with Gasteiger partial charge in [-0.05, 0) is 26.0 Å². The molecule has 0 spiro atoms. The zero-order valence-electron chi connectivity index (χ0n) is 11.5. The van der Waals surface area contributed by atoms with Crippen LogP contribution in [0.2, 0.25) is 0 Å². The Kier molecular flexibility index (Phi) is 5.75. The van der Waals surface area contributed by atoms with E-state index in [1.54, 1.807) is 6.26 Å². The molecule has 1 aliphatic carbocycles. The van der Waals surface area contributed by atoms with Gasteiger partial charge in [0, 0.05) is 31.2 Å². The lowest BCUT2D eigenvalue weighted by Gasteiger charge is -2.27.